The van der Waals surface area contributed by atoms with Gasteiger partial charge in [-0.05, 0) is 41.8 Å². The largest absolute Gasteiger partial charge is 0.468 e. The number of hydrogen-bond acceptors (Lipinski definition) is 5. The molecule has 0 aliphatic carbocycles. The van der Waals surface area contributed by atoms with Crippen LogP contribution in [0.5, 0.6) is 0 Å². The molecule has 2 aromatic rings. The summed E-state index contributed by atoms with van der Waals surface area (Å²) in [6.07, 6.45) is 0.908. The number of aryl methyl sites for hydroxylation is 1. The van der Waals surface area contributed by atoms with E-state index < -0.39 is 16.0 Å². The molecule has 1 amide bonds. The number of esters is 1. The predicted octanol–water partition coefficient (Wildman–Crippen LogP) is 1.88. The number of carbonyl (C=O) groups is 2. The summed E-state index contributed by atoms with van der Waals surface area (Å²) in [6, 6.07) is 13.2. The number of amides is 1. The Kier molecular flexibility index (Phi) is 6.95. The zero-order chi connectivity index (χ0) is 19.9. The predicted molar refractivity (Wildman–Crippen MR) is 102 cm³/mol. The Morgan fingerprint density at radius 1 is 0.963 bits per heavy atom. The van der Waals surface area contributed by atoms with Crippen LogP contribution in [0.3, 0.4) is 0 Å². The number of carbonyl (C=O) groups excluding carboxylic acids is 2. The van der Waals surface area contributed by atoms with Gasteiger partial charge in [-0.3, -0.25) is 14.3 Å². The van der Waals surface area contributed by atoms with E-state index in [2.05, 4.69) is 14.8 Å². The standard InChI is InChI=1S/C19H22N2O5S/c1-3-14-6-10-17(11-7-14)27(24,25)21-16-8-4-15(5-9-16)12-18(22)20-13-19(23)26-2/h4-11,21H,3,12-13H2,1-2H3,(H,20,22). The van der Waals surface area contributed by atoms with E-state index in [1.165, 1.54) is 7.11 Å². The van der Waals surface area contributed by atoms with Gasteiger partial charge in [-0.2, -0.15) is 0 Å². The Morgan fingerprint density at radius 3 is 2.11 bits per heavy atom. The van der Waals surface area contributed by atoms with Gasteiger partial charge in [-0.25, -0.2) is 8.42 Å². The van der Waals surface area contributed by atoms with Crippen LogP contribution in [0.15, 0.2) is 53.4 Å². The molecule has 0 radical (unpaired) electrons. The zero-order valence-corrected chi connectivity index (χ0v) is 16.0. The molecule has 0 saturated carbocycles. The highest BCUT2D eigenvalue weighted by Gasteiger charge is 2.14. The van der Waals surface area contributed by atoms with Crippen LogP contribution in [-0.4, -0.2) is 33.9 Å². The molecule has 0 fully saturated rings. The minimum absolute atomic E-state index is 0.0719. The second-order valence-electron chi connectivity index (χ2n) is 5.83. The third-order valence-corrected chi connectivity index (χ3v) is 5.27. The van der Waals surface area contributed by atoms with Gasteiger partial charge in [0.1, 0.15) is 6.54 Å². The molecule has 0 unspecified atom stereocenters. The SMILES string of the molecule is CCc1ccc(S(=O)(=O)Nc2ccc(CC(=O)NCC(=O)OC)cc2)cc1. The molecule has 0 aliphatic heterocycles. The van der Waals surface area contributed by atoms with Crippen LogP contribution in [0.4, 0.5) is 5.69 Å². The quantitative estimate of drug-likeness (QED) is 0.670. The summed E-state index contributed by atoms with van der Waals surface area (Å²) in [7, 11) is -2.43. The molecule has 27 heavy (non-hydrogen) atoms. The number of methoxy groups -OCH3 is 1. The summed E-state index contributed by atoms with van der Waals surface area (Å²) < 4.78 is 31.8. The first kappa shape index (κ1) is 20.4. The fraction of sp³-hybridized carbons (Fsp3) is 0.263. The van der Waals surface area contributed by atoms with Crippen molar-refractivity contribution >= 4 is 27.6 Å². The highest BCUT2D eigenvalue weighted by molar-refractivity contribution is 7.92. The molecule has 0 bridgehead atoms. The van der Waals surface area contributed by atoms with E-state index >= 15 is 0 Å². The molecule has 0 aliphatic rings. The van der Waals surface area contributed by atoms with Gasteiger partial charge in [0.15, 0.2) is 0 Å². The Labute approximate surface area is 158 Å². The summed E-state index contributed by atoms with van der Waals surface area (Å²) in [5.41, 5.74) is 2.14. The van der Waals surface area contributed by atoms with Crippen LogP contribution in [-0.2, 0) is 37.2 Å². The molecule has 7 nitrogen and oxygen atoms in total. The number of hydrogen-bond donors (Lipinski definition) is 2. The smallest absolute Gasteiger partial charge is 0.325 e. The van der Waals surface area contributed by atoms with E-state index in [4.69, 9.17) is 0 Å². The van der Waals surface area contributed by atoms with Gasteiger partial charge in [0, 0.05) is 5.69 Å². The van der Waals surface area contributed by atoms with Crippen LogP contribution < -0.4 is 10.0 Å². The first-order valence-corrected chi connectivity index (χ1v) is 9.86. The van der Waals surface area contributed by atoms with Crippen molar-refractivity contribution in [3.8, 4) is 0 Å². The van der Waals surface area contributed by atoms with Crippen LogP contribution >= 0.6 is 0 Å². The van der Waals surface area contributed by atoms with Crippen molar-refractivity contribution in [3.63, 3.8) is 0 Å². The van der Waals surface area contributed by atoms with Crippen LogP contribution in [0.25, 0.3) is 0 Å². The molecule has 8 heteroatoms. The Bertz CT molecular complexity index is 891. The zero-order valence-electron chi connectivity index (χ0n) is 15.2. The number of ether oxygens (including phenoxy) is 1. The maximum absolute atomic E-state index is 12.4. The lowest BCUT2D eigenvalue weighted by molar-refractivity contribution is -0.141. The molecular weight excluding hydrogens is 368 g/mol. The van der Waals surface area contributed by atoms with Gasteiger partial charge in [-0.15, -0.1) is 0 Å². The van der Waals surface area contributed by atoms with Crippen molar-refractivity contribution < 1.29 is 22.7 Å². The molecule has 2 N–H and O–H groups in total. The highest BCUT2D eigenvalue weighted by atomic mass is 32.2. The Hall–Kier alpha value is -2.87. The highest BCUT2D eigenvalue weighted by Crippen LogP contribution is 2.17. The minimum Gasteiger partial charge on any atom is -0.468 e. The summed E-state index contributed by atoms with van der Waals surface area (Å²) in [5.74, 6) is -0.857. The number of anilines is 1. The molecule has 2 rings (SSSR count). The second-order valence-corrected chi connectivity index (χ2v) is 7.51. The summed E-state index contributed by atoms with van der Waals surface area (Å²) in [5, 5.41) is 2.44. The van der Waals surface area contributed by atoms with Gasteiger partial charge in [0.25, 0.3) is 10.0 Å². The van der Waals surface area contributed by atoms with Crippen molar-refractivity contribution in [2.75, 3.05) is 18.4 Å². The molecule has 0 saturated heterocycles. The van der Waals surface area contributed by atoms with Crippen molar-refractivity contribution in [2.24, 2.45) is 0 Å². The molecule has 144 valence electrons. The molecule has 0 heterocycles. The molecular formula is C19H22N2O5S. The maximum Gasteiger partial charge on any atom is 0.325 e. The van der Waals surface area contributed by atoms with E-state index in [-0.39, 0.29) is 23.8 Å². The topological polar surface area (TPSA) is 102 Å². The lowest BCUT2D eigenvalue weighted by atomic mass is 10.1. The first-order chi connectivity index (χ1) is 12.8. The van der Waals surface area contributed by atoms with Gasteiger partial charge >= 0.3 is 5.97 Å². The van der Waals surface area contributed by atoms with Crippen LogP contribution in [0.1, 0.15) is 18.1 Å². The fourth-order valence-corrected chi connectivity index (χ4v) is 3.36. The summed E-state index contributed by atoms with van der Waals surface area (Å²) in [4.78, 5) is 22.9. The number of rotatable bonds is 8. The molecule has 2 aromatic carbocycles. The van der Waals surface area contributed by atoms with Crippen LogP contribution in [0, 0.1) is 0 Å². The van der Waals surface area contributed by atoms with E-state index in [1.54, 1.807) is 48.5 Å². The van der Waals surface area contributed by atoms with Crippen molar-refractivity contribution in [3.05, 3.63) is 59.7 Å². The number of sulfonamides is 1. The number of benzene rings is 2. The van der Waals surface area contributed by atoms with Gasteiger partial charge in [-0.1, -0.05) is 31.2 Å². The van der Waals surface area contributed by atoms with Gasteiger partial charge in [0.05, 0.1) is 18.4 Å². The molecule has 0 aromatic heterocycles. The molecule has 0 atom stereocenters. The average molecular weight is 390 g/mol. The number of nitrogens with one attached hydrogen (secondary N) is 2. The molecule has 0 spiro atoms. The first-order valence-electron chi connectivity index (χ1n) is 8.38. The van der Waals surface area contributed by atoms with E-state index in [9.17, 15) is 18.0 Å². The lowest BCUT2D eigenvalue weighted by Crippen LogP contribution is -2.31. The minimum atomic E-state index is -3.68. The Balaban J connectivity index is 1.98. The van der Waals surface area contributed by atoms with Crippen molar-refractivity contribution in [1.82, 2.24) is 5.32 Å². The normalized spacial score (nSPS) is 10.9. The van der Waals surface area contributed by atoms with Crippen molar-refractivity contribution in [1.29, 1.82) is 0 Å². The van der Waals surface area contributed by atoms with Crippen molar-refractivity contribution in [2.45, 2.75) is 24.7 Å². The van der Waals surface area contributed by atoms with E-state index in [0.717, 1.165) is 12.0 Å². The maximum atomic E-state index is 12.4. The Morgan fingerprint density at radius 2 is 1.56 bits per heavy atom. The second kappa shape index (κ2) is 9.18. The summed E-state index contributed by atoms with van der Waals surface area (Å²) in [6.45, 7) is 1.81. The van der Waals surface area contributed by atoms with Gasteiger partial charge < -0.3 is 10.1 Å². The third kappa shape index (κ3) is 6.10. The van der Waals surface area contributed by atoms with E-state index in [1.807, 2.05) is 6.92 Å². The average Bonchev–Trinajstić information content (AvgIpc) is 2.67. The van der Waals surface area contributed by atoms with Crippen LogP contribution in [0.2, 0.25) is 0 Å². The van der Waals surface area contributed by atoms with E-state index in [0.29, 0.717) is 11.3 Å². The fourth-order valence-electron chi connectivity index (χ4n) is 2.30. The van der Waals surface area contributed by atoms with Gasteiger partial charge in [0.2, 0.25) is 5.91 Å². The summed E-state index contributed by atoms with van der Waals surface area (Å²) >= 11 is 0. The monoisotopic (exact) mass is 390 g/mol. The lowest BCUT2D eigenvalue weighted by Gasteiger charge is -2.09. The third-order valence-electron chi connectivity index (χ3n) is 3.87.